The molecule has 0 aliphatic carbocycles. The standard InChI is InChI=1S/C10H16N4O3S/c1-18(16,17)8-4-2-3-7(9(8)11)13-5-6-14-10(12)15/h2-4,13H,5-6,11H2,1H3,(H3,12,14,15). The Kier molecular flexibility index (Phi) is 4.38. The molecule has 0 saturated carbocycles. The van der Waals surface area contributed by atoms with E-state index in [1.807, 2.05) is 0 Å². The fourth-order valence-electron chi connectivity index (χ4n) is 1.40. The number of benzene rings is 1. The van der Waals surface area contributed by atoms with E-state index in [0.717, 1.165) is 6.26 Å². The lowest BCUT2D eigenvalue weighted by Gasteiger charge is -2.12. The molecule has 0 fully saturated rings. The number of nitrogens with one attached hydrogen (secondary N) is 2. The molecule has 0 aliphatic heterocycles. The summed E-state index contributed by atoms with van der Waals surface area (Å²) in [5.41, 5.74) is 11.3. The maximum Gasteiger partial charge on any atom is 0.312 e. The second kappa shape index (κ2) is 5.58. The van der Waals surface area contributed by atoms with Gasteiger partial charge in [-0.3, -0.25) is 0 Å². The number of hydrogen-bond donors (Lipinski definition) is 4. The Bertz CT molecular complexity index is 542. The molecule has 2 amide bonds. The fraction of sp³-hybridized carbons (Fsp3) is 0.300. The molecule has 100 valence electrons. The third-order valence-electron chi connectivity index (χ3n) is 2.21. The van der Waals surface area contributed by atoms with E-state index in [9.17, 15) is 13.2 Å². The van der Waals surface area contributed by atoms with Crippen molar-refractivity contribution in [1.82, 2.24) is 5.32 Å². The predicted molar refractivity (Wildman–Crippen MR) is 70.0 cm³/mol. The maximum atomic E-state index is 11.4. The Morgan fingerprint density at radius 1 is 1.33 bits per heavy atom. The summed E-state index contributed by atoms with van der Waals surface area (Å²) in [5, 5.41) is 5.32. The number of sulfone groups is 1. The van der Waals surface area contributed by atoms with Crippen molar-refractivity contribution >= 4 is 27.2 Å². The van der Waals surface area contributed by atoms with Crippen molar-refractivity contribution in [1.29, 1.82) is 0 Å². The monoisotopic (exact) mass is 272 g/mol. The molecular weight excluding hydrogens is 256 g/mol. The number of carbonyl (C=O) groups excluding carboxylic acids is 1. The first-order chi connectivity index (χ1) is 8.32. The van der Waals surface area contributed by atoms with Crippen LogP contribution in [-0.2, 0) is 9.84 Å². The van der Waals surface area contributed by atoms with Crippen LogP contribution in [0.25, 0.3) is 0 Å². The van der Waals surface area contributed by atoms with E-state index in [2.05, 4.69) is 10.6 Å². The average molecular weight is 272 g/mol. The third-order valence-corrected chi connectivity index (χ3v) is 3.36. The van der Waals surface area contributed by atoms with E-state index in [-0.39, 0.29) is 10.6 Å². The molecule has 0 radical (unpaired) electrons. The molecule has 8 heteroatoms. The summed E-state index contributed by atoms with van der Waals surface area (Å²) in [4.78, 5) is 10.5. The summed E-state index contributed by atoms with van der Waals surface area (Å²) in [7, 11) is -3.35. The summed E-state index contributed by atoms with van der Waals surface area (Å²) in [6, 6.07) is 4.08. The van der Waals surface area contributed by atoms with Gasteiger partial charge in [-0.15, -0.1) is 0 Å². The smallest absolute Gasteiger partial charge is 0.312 e. The zero-order valence-electron chi connectivity index (χ0n) is 9.93. The molecule has 1 aromatic carbocycles. The second-order valence-electron chi connectivity index (χ2n) is 3.71. The van der Waals surface area contributed by atoms with E-state index in [0.29, 0.717) is 18.8 Å². The van der Waals surface area contributed by atoms with Crippen LogP contribution in [0, 0.1) is 0 Å². The zero-order chi connectivity index (χ0) is 13.8. The number of anilines is 2. The summed E-state index contributed by atoms with van der Waals surface area (Å²) in [6.45, 7) is 0.707. The normalized spacial score (nSPS) is 10.9. The van der Waals surface area contributed by atoms with Crippen LogP contribution >= 0.6 is 0 Å². The van der Waals surface area contributed by atoms with Crippen LogP contribution in [-0.4, -0.2) is 33.8 Å². The van der Waals surface area contributed by atoms with Gasteiger partial charge >= 0.3 is 6.03 Å². The number of carbonyl (C=O) groups is 1. The third kappa shape index (κ3) is 3.81. The van der Waals surface area contributed by atoms with Gasteiger partial charge in [-0.2, -0.15) is 0 Å². The largest absolute Gasteiger partial charge is 0.396 e. The Morgan fingerprint density at radius 3 is 2.56 bits per heavy atom. The number of urea groups is 1. The van der Waals surface area contributed by atoms with E-state index in [4.69, 9.17) is 11.5 Å². The summed E-state index contributed by atoms with van der Waals surface area (Å²) in [5.74, 6) is 0. The number of para-hydroxylation sites is 1. The van der Waals surface area contributed by atoms with Crippen LogP contribution in [0.1, 0.15) is 0 Å². The van der Waals surface area contributed by atoms with Crippen LogP contribution in [0.4, 0.5) is 16.2 Å². The van der Waals surface area contributed by atoms with E-state index in [1.54, 1.807) is 12.1 Å². The van der Waals surface area contributed by atoms with Gasteiger partial charge in [-0.1, -0.05) is 6.07 Å². The summed E-state index contributed by atoms with van der Waals surface area (Å²) >= 11 is 0. The van der Waals surface area contributed by atoms with Gasteiger partial charge in [0.1, 0.15) is 0 Å². The van der Waals surface area contributed by atoms with Crippen molar-refractivity contribution in [3.63, 3.8) is 0 Å². The lowest BCUT2D eigenvalue weighted by atomic mass is 10.2. The van der Waals surface area contributed by atoms with Gasteiger partial charge < -0.3 is 22.1 Å². The van der Waals surface area contributed by atoms with Gasteiger partial charge in [-0.05, 0) is 12.1 Å². The summed E-state index contributed by atoms with van der Waals surface area (Å²) < 4.78 is 22.9. The Labute approximate surface area is 105 Å². The quantitative estimate of drug-likeness (QED) is 0.434. The van der Waals surface area contributed by atoms with Crippen LogP contribution < -0.4 is 22.1 Å². The van der Waals surface area contributed by atoms with Gasteiger partial charge in [0.2, 0.25) is 0 Å². The molecule has 0 unspecified atom stereocenters. The lowest BCUT2D eigenvalue weighted by Crippen LogP contribution is -2.33. The molecule has 0 bridgehead atoms. The molecule has 0 aliphatic rings. The number of rotatable bonds is 5. The highest BCUT2D eigenvalue weighted by Gasteiger charge is 2.13. The minimum atomic E-state index is -3.35. The van der Waals surface area contributed by atoms with Gasteiger partial charge in [0, 0.05) is 19.3 Å². The summed E-state index contributed by atoms with van der Waals surface area (Å²) in [6.07, 6.45) is 1.09. The lowest BCUT2D eigenvalue weighted by molar-refractivity contribution is 0.249. The number of hydrogen-bond acceptors (Lipinski definition) is 5. The number of primary amides is 1. The zero-order valence-corrected chi connectivity index (χ0v) is 10.8. The van der Waals surface area contributed by atoms with Crippen molar-refractivity contribution in [3.05, 3.63) is 18.2 Å². The van der Waals surface area contributed by atoms with Gasteiger partial charge in [0.15, 0.2) is 9.84 Å². The molecule has 18 heavy (non-hydrogen) atoms. The number of nitrogens with two attached hydrogens (primary N) is 2. The van der Waals surface area contributed by atoms with Crippen LogP contribution in [0.5, 0.6) is 0 Å². The molecule has 7 nitrogen and oxygen atoms in total. The number of amides is 2. The van der Waals surface area contributed by atoms with E-state index >= 15 is 0 Å². The van der Waals surface area contributed by atoms with Crippen molar-refractivity contribution in [2.45, 2.75) is 4.90 Å². The molecule has 1 rings (SSSR count). The highest BCUT2D eigenvalue weighted by Crippen LogP contribution is 2.26. The molecule has 0 saturated heterocycles. The first-order valence-electron chi connectivity index (χ1n) is 5.18. The molecule has 6 N–H and O–H groups in total. The van der Waals surface area contributed by atoms with Crippen molar-refractivity contribution in [2.24, 2.45) is 5.73 Å². The Morgan fingerprint density at radius 2 is 2.00 bits per heavy atom. The van der Waals surface area contributed by atoms with Gasteiger partial charge in [-0.25, -0.2) is 13.2 Å². The van der Waals surface area contributed by atoms with Crippen molar-refractivity contribution < 1.29 is 13.2 Å². The first kappa shape index (κ1) is 14.1. The SMILES string of the molecule is CS(=O)(=O)c1cccc(NCCNC(N)=O)c1N. The highest BCUT2D eigenvalue weighted by molar-refractivity contribution is 7.90. The van der Waals surface area contributed by atoms with Crippen molar-refractivity contribution in [2.75, 3.05) is 30.4 Å². The Balaban J connectivity index is 2.76. The average Bonchev–Trinajstić information content (AvgIpc) is 2.24. The van der Waals surface area contributed by atoms with Crippen LogP contribution in [0.2, 0.25) is 0 Å². The molecule has 0 aromatic heterocycles. The molecule has 1 aromatic rings. The Hall–Kier alpha value is -1.96. The highest BCUT2D eigenvalue weighted by atomic mass is 32.2. The minimum Gasteiger partial charge on any atom is -0.396 e. The van der Waals surface area contributed by atoms with E-state index in [1.165, 1.54) is 6.07 Å². The molecule has 0 spiro atoms. The van der Waals surface area contributed by atoms with Crippen LogP contribution in [0.15, 0.2) is 23.1 Å². The van der Waals surface area contributed by atoms with Crippen molar-refractivity contribution in [3.8, 4) is 0 Å². The van der Waals surface area contributed by atoms with Gasteiger partial charge in [0.25, 0.3) is 0 Å². The molecule has 0 atom stereocenters. The molecule has 0 heterocycles. The topological polar surface area (TPSA) is 127 Å². The fourth-order valence-corrected chi connectivity index (χ4v) is 2.24. The minimum absolute atomic E-state index is 0.0790. The van der Waals surface area contributed by atoms with Gasteiger partial charge in [0.05, 0.1) is 16.3 Å². The second-order valence-corrected chi connectivity index (χ2v) is 5.69. The predicted octanol–water partition coefficient (Wildman–Crippen LogP) is -0.247. The molecular formula is C10H16N4O3S. The first-order valence-corrected chi connectivity index (χ1v) is 7.07. The van der Waals surface area contributed by atoms with E-state index < -0.39 is 15.9 Å². The maximum absolute atomic E-state index is 11.4. The van der Waals surface area contributed by atoms with Crippen LogP contribution in [0.3, 0.4) is 0 Å². The number of nitrogen functional groups attached to an aromatic ring is 1.